The van der Waals surface area contributed by atoms with Gasteiger partial charge in [0.25, 0.3) is 5.91 Å². The number of nitrogens with one attached hydrogen (secondary N) is 2. The van der Waals surface area contributed by atoms with Crippen molar-refractivity contribution in [1.29, 1.82) is 0 Å². The molecule has 1 aliphatic rings. The molecule has 0 unspecified atom stereocenters. The standard InChI is InChI=1S/C15H26N4O/c1-4-11-10-14(19(5-2)18-11)15(20)17-13-8-6-12(16-3)7-9-13/h10,12-13,16H,4-9H2,1-3H3,(H,17,20). The molecule has 1 aromatic heterocycles. The molecule has 5 heteroatoms. The molecule has 2 rings (SSSR count). The van der Waals surface area contributed by atoms with E-state index in [0.717, 1.165) is 44.3 Å². The largest absolute Gasteiger partial charge is 0.348 e. The van der Waals surface area contributed by atoms with Crippen LogP contribution in [-0.4, -0.2) is 34.8 Å². The molecule has 1 amide bonds. The van der Waals surface area contributed by atoms with Gasteiger partial charge < -0.3 is 10.6 Å². The molecular formula is C15H26N4O. The van der Waals surface area contributed by atoms with E-state index in [-0.39, 0.29) is 5.91 Å². The van der Waals surface area contributed by atoms with E-state index in [1.54, 1.807) is 4.68 Å². The van der Waals surface area contributed by atoms with Crippen molar-refractivity contribution in [3.63, 3.8) is 0 Å². The predicted molar refractivity (Wildman–Crippen MR) is 79.8 cm³/mol. The Morgan fingerprint density at radius 3 is 2.50 bits per heavy atom. The molecule has 1 aromatic rings. The summed E-state index contributed by atoms with van der Waals surface area (Å²) in [6.45, 7) is 4.81. The van der Waals surface area contributed by atoms with Gasteiger partial charge in [0.15, 0.2) is 0 Å². The smallest absolute Gasteiger partial charge is 0.269 e. The quantitative estimate of drug-likeness (QED) is 0.862. The zero-order valence-corrected chi connectivity index (χ0v) is 12.8. The van der Waals surface area contributed by atoms with E-state index >= 15 is 0 Å². The Labute approximate surface area is 121 Å². The lowest BCUT2D eigenvalue weighted by Gasteiger charge is -2.28. The molecule has 112 valence electrons. The van der Waals surface area contributed by atoms with Crippen LogP contribution in [-0.2, 0) is 13.0 Å². The van der Waals surface area contributed by atoms with E-state index in [1.807, 2.05) is 20.0 Å². The van der Waals surface area contributed by atoms with Crippen molar-refractivity contribution in [1.82, 2.24) is 20.4 Å². The molecule has 20 heavy (non-hydrogen) atoms. The Morgan fingerprint density at radius 1 is 1.30 bits per heavy atom. The maximum atomic E-state index is 12.4. The Kier molecular flexibility index (Phi) is 5.17. The first-order chi connectivity index (χ1) is 9.67. The zero-order chi connectivity index (χ0) is 14.5. The summed E-state index contributed by atoms with van der Waals surface area (Å²) in [6, 6.07) is 2.83. The second-order valence-corrected chi connectivity index (χ2v) is 5.50. The normalized spacial score (nSPS) is 22.8. The Morgan fingerprint density at radius 2 is 1.95 bits per heavy atom. The third-order valence-electron chi connectivity index (χ3n) is 4.20. The lowest BCUT2D eigenvalue weighted by Crippen LogP contribution is -2.41. The predicted octanol–water partition coefficient (Wildman–Crippen LogP) is 1.73. The number of aryl methyl sites for hydroxylation is 2. The van der Waals surface area contributed by atoms with Crippen LogP contribution >= 0.6 is 0 Å². The van der Waals surface area contributed by atoms with Crippen molar-refractivity contribution in [2.75, 3.05) is 7.05 Å². The minimum absolute atomic E-state index is 0.0203. The minimum atomic E-state index is 0.0203. The van der Waals surface area contributed by atoms with E-state index in [2.05, 4.69) is 22.7 Å². The molecular weight excluding hydrogens is 252 g/mol. The van der Waals surface area contributed by atoms with E-state index in [1.165, 1.54) is 0 Å². The Hall–Kier alpha value is -1.36. The molecule has 0 spiro atoms. The number of hydrogen-bond acceptors (Lipinski definition) is 3. The van der Waals surface area contributed by atoms with Crippen LogP contribution in [0.3, 0.4) is 0 Å². The number of rotatable bonds is 5. The summed E-state index contributed by atoms with van der Waals surface area (Å²) in [6.07, 6.45) is 5.24. The fourth-order valence-electron chi connectivity index (χ4n) is 2.85. The summed E-state index contributed by atoms with van der Waals surface area (Å²) in [7, 11) is 2.01. The summed E-state index contributed by atoms with van der Waals surface area (Å²) in [5, 5.41) is 10.9. The van der Waals surface area contributed by atoms with Gasteiger partial charge in [-0.05, 0) is 52.1 Å². The van der Waals surface area contributed by atoms with Gasteiger partial charge in [0, 0.05) is 18.6 Å². The van der Waals surface area contributed by atoms with E-state index in [4.69, 9.17) is 0 Å². The summed E-state index contributed by atoms with van der Waals surface area (Å²) < 4.78 is 1.80. The molecule has 0 aliphatic heterocycles. The van der Waals surface area contributed by atoms with Crippen LogP contribution in [0.25, 0.3) is 0 Å². The van der Waals surface area contributed by atoms with Gasteiger partial charge in [-0.1, -0.05) is 6.92 Å². The van der Waals surface area contributed by atoms with Gasteiger partial charge in [0.05, 0.1) is 5.69 Å². The molecule has 2 N–H and O–H groups in total. The van der Waals surface area contributed by atoms with Crippen LogP contribution in [0.5, 0.6) is 0 Å². The van der Waals surface area contributed by atoms with Crippen LogP contribution in [0.2, 0.25) is 0 Å². The number of aromatic nitrogens is 2. The van der Waals surface area contributed by atoms with Crippen LogP contribution in [0, 0.1) is 0 Å². The zero-order valence-electron chi connectivity index (χ0n) is 12.8. The minimum Gasteiger partial charge on any atom is -0.348 e. The lowest BCUT2D eigenvalue weighted by molar-refractivity contribution is 0.0914. The first-order valence-electron chi connectivity index (χ1n) is 7.72. The molecule has 0 bridgehead atoms. The van der Waals surface area contributed by atoms with Gasteiger partial charge in [-0.15, -0.1) is 0 Å². The van der Waals surface area contributed by atoms with Crippen LogP contribution < -0.4 is 10.6 Å². The summed E-state index contributed by atoms with van der Waals surface area (Å²) in [5.41, 5.74) is 1.68. The topological polar surface area (TPSA) is 59.0 Å². The molecule has 1 saturated carbocycles. The van der Waals surface area contributed by atoms with E-state index in [0.29, 0.717) is 17.8 Å². The summed E-state index contributed by atoms with van der Waals surface area (Å²) in [4.78, 5) is 12.4. The molecule has 0 atom stereocenters. The van der Waals surface area contributed by atoms with Gasteiger partial charge in [0.2, 0.25) is 0 Å². The summed E-state index contributed by atoms with van der Waals surface area (Å²) in [5.74, 6) is 0.0203. The van der Waals surface area contributed by atoms with Crippen LogP contribution in [0.4, 0.5) is 0 Å². The average Bonchev–Trinajstić information content (AvgIpc) is 2.91. The number of carbonyl (C=O) groups is 1. The number of carbonyl (C=O) groups excluding carboxylic acids is 1. The third kappa shape index (κ3) is 3.39. The molecule has 1 aliphatic carbocycles. The molecule has 0 radical (unpaired) electrons. The second-order valence-electron chi connectivity index (χ2n) is 5.50. The number of amides is 1. The monoisotopic (exact) mass is 278 g/mol. The van der Waals surface area contributed by atoms with Crippen molar-refractivity contribution < 1.29 is 4.79 Å². The summed E-state index contributed by atoms with van der Waals surface area (Å²) >= 11 is 0. The Balaban J connectivity index is 1.96. The maximum absolute atomic E-state index is 12.4. The van der Waals surface area contributed by atoms with Gasteiger partial charge in [0.1, 0.15) is 5.69 Å². The van der Waals surface area contributed by atoms with Crippen molar-refractivity contribution >= 4 is 5.91 Å². The number of hydrogen-bond donors (Lipinski definition) is 2. The van der Waals surface area contributed by atoms with Gasteiger partial charge in [-0.2, -0.15) is 5.10 Å². The SMILES string of the molecule is CCc1cc(C(=O)NC2CCC(NC)CC2)n(CC)n1. The van der Waals surface area contributed by atoms with Crippen molar-refractivity contribution in [2.45, 2.75) is 64.6 Å². The highest BCUT2D eigenvalue weighted by molar-refractivity contribution is 5.92. The first kappa shape index (κ1) is 15.0. The highest BCUT2D eigenvalue weighted by Crippen LogP contribution is 2.19. The second kappa shape index (κ2) is 6.88. The molecule has 5 nitrogen and oxygen atoms in total. The van der Waals surface area contributed by atoms with Gasteiger partial charge in [-0.25, -0.2) is 0 Å². The fraction of sp³-hybridized carbons (Fsp3) is 0.733. The van der Waals surface area contributed by atoms with E-state index < -0.39 is 0 Å². The molecule has 1 heterocycles. The fourth-order valence-corrected chi connectivity index (χ4v) is 2.85. The van der Waals surface area contributed by atoms with Gasteiger partial charge in [-0.3, -0.25) is 9.48 Å². The molecule has 1 fully saturated rings. The van der Waals surface area contributed by atoms with Crippen LogP contribution in [0.1, 0.15) is 55.7 Å². The molecule has 0 saturated heterocycles. The highest BCUT2D eigenvalue weighted by Gasteiger charge is 2.23. The average molecular weight is 278 g/mol. The van der Waals surface area contributed by atoms with Gasteiger partial charge >= 0.3 is 0 Å². The first-order valence-corrected chi connectivity index (χ1v) is 7.72. The molecule has 0 aromatic carbocycles. The highest BCUT2D eigenvalue weighted by atomic mass is 16.2. The van der Waals surface area contributed by atoms with Crippen molar-refractivity contribution in [3.8, 4) is 0 Å². The van der Waals surface area contributed by atoms with Crippen molar-refractivity contribution in [3.05, 3.63) is 17.5 Å². The van der Waals surface area contributed by atoms with Crippen LogP contribution in [0.15, 0.2) is 6.07 Å². The Bertz CT molecular complexity index is 447. The number of nitrogens with zero attached hydrogens (tertiary/aromatic N) is 2. The van der Waals surface area contributed by atoms with E-state index in [9.17, 15) is 4.79 Å². The lowest BCUT2D eigenvalue weighted by atomic mass is 9.91. The van der Waals surface area contributed by atoms with Crippen molar-refractivity contribution in [2.24, 2.45) is 0 Å². The maximum Gasteiger partial charge on any atom is 0.269 e. The third-order valence-corrected chi connectivity index (χ3v) is 4.20.